The van der Waals surface area contributed by atoms with Crippen molar-refractivity contribution in [3.8, 4) is 5.75 Å². The second-order valence-electron chi connectivity index (χ2n) is 5.66. The lowest BCUT2D eigenvalue weighted by Gasteiger charge is -2.17. The molecule has 0 saturated carbocycles. The molecular formula is C19H24N2O4. The van der Waals surface area contributed by atoms with Crippen LogP contribution in [0.3, 0.4) is 0 Å². The summed E-state index contributed by atoms with van der Waals surface area (Å²) in [6.45, 7) is 3.55. The van der Waals surface area contributed by atoms with Gasteiger partial charge in [0.05, 0.1) is 12.9 Å². The van der Waals surface area contributed by atoms with Crippen molar-refractivity contribution in [3.63, 3.8) is 0 Å². The van der Waals surface area contributed by atoms with E-state index in [4.69, 9.17) is 9.15 Å². The Balaban J connectivity index is 1.68. The third kappa shape index (κ3) is 5.99. The van der Waals surface area contributed by atoms with Crippen molar-refractivity contribution in [2.75, 3.05) is 20.2 Å². The molecule has 0 spiro atoms. The van der Waals surface area contributed by atoms with Crippen molar-refractivity contribution in [1.82, 2.24) is 10.2 Å². The van der Waals surface area contributed by atoms with Gasteiger partial charge in [-0.25, -0.2) is 0 Å². The molecule has 0 bridgehead atoms. The number of carbonyl (C=O) groups excluding carboxylic acids is 2. The number of amides is 2. The van der Waals surface area contributed by atoms with Gasteiger partial charge >= 0.3 is 0 Å². The smallest absolute Gasteiger partial charge is 0.286 e. The summed E-state index contributed by atoms with van der Waals surface area (Å²) in [5.41, 5.74) is 1.05. The standard InChI is InChI=1S/C19H24N2O4/c1-3-24-16-10-8-15(9-11-16)14-21(2)18(22)7-4-12-20-19(23)17-6-5-13-25-17/h5-6,8-11,13H,3-4,7,12,14H2,1-2H3,(H,20,23). The summed E-state index contributed by atoms with van der Waals surface area (Å²) in [5, 5.41) is 2.73. The molecule has 1 aromatic heterocycles. The van der Waals surface area contributed by atoms with Gasteiger partial charge in [0.15, 0.2) is 5.76 Å². The molecule has 1 heterocycles. The van der Waals surface area contributed by atoms with E-state index in [-0.39, 0.29) is 17.6 Å². The zero-order chi connectivity index (χ0) is 18.1. The van der Waals surface area contributed by atoms with Crippen LogP contribution in [0.4, 0.5) is 0 Å². The maximum atomic E-state index is 12.2. The summed E-state index contributed by atoms with van der Waals surface area (Å²) in [6, 6.07) is 11.0. The molecule has 0 fully saturated rings. The third-order valence-corrected chi connectivity index (χ3v) is 3.68. The average molecular weight is 344 g/mol. The van der Waals surface area contributed by atoms with Gasteiger partial charge in [-0.1, -0.05) is 12.1 Å². The fourth-order valence-electron chi connectivity index (χ4n) is 2.35. The maximum Gasteiger partial charge on any atom is 0.286 e. The SMILES string of the molecule is CCOc1ccc(CN(C)C(=O)CCCNC(=O)c2ccco2)cc1. The molecule has 0 unspecified atom stereocenters. The first kappa shape index (κ1) is 18.6. The lowest BCUT2D eigenvalue weighted by molar-refractivity contribution is -0.130. The van der Waals surface area contributed by atoms with Gasteiger partial charge in [0.1, 0.15) is 5.75 Å². The minimum absolute atomic E-state index is 0.0427. The van der Waals surface area contributed by atoms with Crippen LogP contribution < -0.4 is 10.1 Å². The monoisotopic (exact) mass is 344 g/mol. The van der Waals surface area contributed by atoms with Gasteiger partial charge in [0, 0.05) is 26.6 Å². The van der Waals surface area contributed by atoms with E-state index in [9.17, 15) is 9.59 Å². The summed E-state index contributed by atoms with van der Waals surface area (Å²) in [6.07, 6.45) is 2.42. The topological polar surface area (TPSA) is 71.8 Å². The zero-order valence-electron chi connectivity index (χ0n) is 14.7. The number of rotatable bonds is 9. The Hall–Kier alpha value is -2.76. The summed E-state index contributed by atoms with van der Waals surface area (Å²) >= 11 is 0. The molecule has 6 nitrogen and oxygen atoms in total. The van der Waals surface area contributed by atoms with E-state index in [2.05, 4.69) is 5.32 Å². The van der Waals surface area contributed by atoms with Crippen molar-refractivity contribution >= 4 is 11.8 Å². The zero-order valence-corrected chi connectivity index (χ0v) is 14.7. The largest absolute Gasteiger partial charge is 0.494 e. The predicted molar refractivity (Wildman–Crippen MR) is 94.4 cm³/mol. The fourth-order valence-corrected chi connectivity index (χ4v) is 2.35. The molecule has 2 amide bonds. The van der Waals surface area contributed by atoms with E-state index in [1.165, 1.54) is 6.26 Å². The number of carbonyl (C=O) groups is 2. The van der Waals surface area contributed by atoms with Crippen molar-refractivity contribution in [3.05, 3.63) is 54.0 Å². The van der Waals surface area contributed by atoms with E-state index in [1.54, 1.807) is 24.1 Å². The Bertz CT molecular complexity index is 665. The van der Waals surface area contributed by atoms with Crippen molar-refractivity contribution in [1.29, 1.82) is 0 Å². The third-order valence-electron chi connectivity index (χ3n) is 3.68. The summed E-state index contributed by atoms with van der Waals surface area (Å²) in [4.78, 5) is 25.5. The highest BCUT2D eigenvalue weighted by Crippen LogP contribution is 2.13. The Labute approximate surface area is 147 Å². The quantitative estimate of drug-likeness (QED) is 0.710. The van der Waals surface area contributed by atoms with Crippen LogP contribution in [0.25, 0.3) is 0 Å². The Morgan fingerprint density at radius 3 is 2.60 bits per heavy atom. The number of furan rings is 1. The van der Waals surface area contributed by atoms with E-state index in [0.717, 1.165) is 11.3 Å². The Kier molecular flexibility index (Phi) is 7.07. The molecule has 0 aliphatic carbocycles. The fraction of sp³-hybridized carbons (Fsp3) is 0.368. The maximum absolute atomic E-state index is 12.2. The number of benzene rings is 1. The average Bonchev–Trinajstić information content (AvgIpc) is 3.15. The number of nitrogens with zero attached hydrogens (tertiary/aromatic N) is 1. The second-order valence-corrected chi connectivity index (χ2v) is 5.66. The van der Waals surface area contributed by atoms with Crippen LogP contribution in [0.15, 0.2) is 47.1 Å². The Morgan fingerprint density at radius 2 is 1.96 bits per heavy atom. The van der Waals surface area contributed by atoms with Gasteiger partial charge in [0.25, 0.3) is 5.91 Å². The van der Waals surface area contributed by atoms with Crippen LogP contribution in [0.5, 0.6) is 5.75 Å². The van der Waals surface area contributed by atoms with Crippen LogP contribution in [-0.4, -0.2) is 36.9 Å². The molecule has 0 atom stereocenters. The highest BCUT2D eigenvalue weighted by atomic mass is 16.5. The number of hydrogen-bond acceptors (Lipinski definition) is 4. The van der Waals surface area contributed by atoms with Crippen LogP contribution in [0, 0.1) is 0 Å². The van der Waals surface area contributed by atoms with Gasteiger partial charge in [-0.15, -0.1) is 0 Å². The number of nitrogens with one attached hydrogen (secondary N) is 1. The van der Waals surface area contributed by atoms with Crippen molar-refractivity contribution in [2.24, 2.45) is 0 Å². The lowest BCUT2D eigenvalue weighted by Crippen LogP contribution is -2.28. The molecule has 25 heavy (non-hydrogen) atoms. The van der Waals surface area contributed by atoms with E-state index in [0.29, 0.717) is 32.5 Å². The van der Waals surface area contributed by atoms with Crippen LogP contribution in [0.2, 0.25) is 0 Å². The van der Waals surface area contributed by atoms with E-state index >= 15 is 0 Å². The number of hydrogen-bond donors (Lipinski definition) is 1. The highest BCUT2D eigenvalue weighted by Gasteiger charge is 2.11. The predicted octanol–water partition coefficient (Wildman–Crippen LogP) is 2.85. The first-order valence-electron chi connectivity index (χ1n) is 8.37. The molecule has 0 aliphatic rings. The molecule has 0 radical (unpaired) electrons. The summed E-state index contributed by atoms with van der Waals surface area (Å²) in [7, 11) is 1.78. The summed E-state index contributed by atoms with van der Waals surface area (Å²) < 4.78 is 10.4. The van der Waals surface area contributed by atoms with E-state index < -0.39 is 0 Å². The van der Waals surface area contributed by atoms with E-state index in [1.807, 2.05) is 31.2 Å². The van der Waals surface area contributed by atoms with Crippen molar-refractivity contribution < 1.29 is 18.7 Å². The molecular weight excluding hydrogens is 320 g/mol. The first-order chi connectivity index (χ1) is 12.1. The van der Waals surface area contributed by atoms with Crippen LogP contribution in [0.1, 0.15) is 35.9 Å². The molecule has 134 valence electrons. The highest BCUT2D eigenvalue weighted by molar-refractivity contribution is 5.91. The van der Waals surface area contributed by atoms with Gasteiger partial charge in [-0.2, -0.15) is 0 Å². The molecule has 0 aliphatic heterocycles. The molecule has 2 rings (SSSR count). The Morgan fingerprint density at radius 1 is 1.20 bits per heavy atom. The normalized spacial score (nSPS) is 10.3. The van der Waals surface area contributed by atoms with Gasteiger partial charge in [-0.05, 0) is 43.2 Å². The van der Waals surface area contributed by atoms with Gasteiger partial charge < -0.3 is 19.4 Å². The van der Waals surface area contributed by atoms with Crippen LogP contribution >= 0.6 is 0 Å². The molecule has 1 N–H and O–H groups in total. The molecule has 2 aromatic rings. The minimum Gasteiger partial charge on any atom is -0.494 e. The number of ether oxygens (including phenoxy) is 1. The molecule has 0 saturated heterocycles. The first-order valence-corrected chi connectivity index (χ1v) is 8.37. The second kappa shape index (κ2) is 9.52. The van der Waals surface area contributed by atoms with Crippen molar-refractivity contribution in [2.45, 2.75) is 26.3 Å². The molecule has 1 aromatic carbocycles. The van der Waals surface area contributed by atoms with Gasteiger partial charge in [0.2, 0.25) is 5.91 Å². The minimum atomic E-state index is -0.264. The van der Waals surface area contributed by atoms with Crippen LogP contribution in [-0.2, 0) is 11.3 Å². The molecule has 6 heteroatoms. The summed E-state index contributed by atoms with van der Waals surface area (Å²) in [5.74, 6) is 0.882. The lowest BCUT2D eigenvalue weighted by atomic mass is 10.2. The van der Waals surface area contributed by atoms with Gasteiger partial charge in [-0.3, -0.25) is 9.59 Å².